The third-order valence-corrected chi connectivity index (χ3v) is 6.27. The van der Waals surface area contributed by atoms with Gasteiger partial charge >= 0.3 is 0 Å². The number of carbonyl (C=O) groups excluding carboxylic acids is 2. The molecule has 1 aliphatic heterocycles. The van der Waals surface area contributed by atoms with Gasteiger partial charge in [0.05, 0.1) is 31.8 Å². The topological polar surface area (TPSA) is 79.4 Å². The lowest BCUT2D eigenvalue weighted by molar-refractivity contribution is 0.0947. The second-order valence-corrected chi connectivity index (χ2v) is 7.96. The van der Waals surface area contributed by atoms with Gasteiger partial charge in [-0.1, -0.05) is 18.2 Å². The van der Waals surface area contributed by atoms with E-state index in [4.69, 9.17) is 0 Å². The standard InChI is InChI=1S/C22H19N3O3S/c1-2-25-18-12-16(21(26)24-14-15-6-5-11-23-13-15)9-10-20(18)29(28)19-8-4-3-7-17(19)22(25)27/h3-13H,2,14H2,1H3,(H,24,26)/t29-/m1/s1. The van der Waals surface area contributed by atoms with Gasteiger partial charge in [0.25, 0.3) is 11.8 Å². The number of hydrogen-bond acceptors (Lipinski definition) is 4. The molecular formula is C22H19N3O3S. The monoisotopic (exact) mass is 405 g/mol. The van der Waals surface area contributed by atoms with E-state index in [-0.39, 0.29) is 11.8 Å². The van der Waals surface area contributed by atoms with Gasteiger partial charge in [0.1, 0.15) is 0 Å². The summed E-state index contributed by atoms with van der Waals surface area (Å²) in [5.41, 5.74) is 2.21. The van der Waals surface area contributed by atoms with Crippen LogP contribution in [0.4, 0.5) is 5.69 Å². The highest BCUT2D eigenvalue weighted by atomic mass is 32.2. The summed E-state index contributed by atoms with van der Waals surface area (Å²) in [7, 11) is -1.51. The number of carbonyl (C=O) groups is 2. The summed E-state index contributed by atoms with van der Waals surface area (Å²) in [5, 5.41) is 2.85. The molecule has 0 saturated heterocycles. The summed E-state index contributed by atoms with van der Waals surface area (Å²) in [6.07, 6.45) is 3.36. The second-order valence-electron chi connectivity index (χ2n) is 6.54. The quantitative estimate of drug-likeness (QED) is 0.723. The Labute approximate surface area is 171 Å². The smallest absolute Gasteiger partial charge is 0.259 e. The van der Waals surface area contributed by atoms with Crippen LogP contribution in [0.25, 0.3) is 0 Å². The summed E-state index contributed by atoms with van der Waals surface area (Å²) in [4.78, 5) is 32.3. The van der Waals surface area contributed by atoms with E-state index in [9.17, 15) is 13.8 Å². The molecule has 29 heavy (non-hydrogen) atoms. The number of benzene rings is 2. The van der Waals surface area contributed by atoms with Crippen LogP contribution in [0.15, 0.2) is 76.8 Å². The van der Waals surface area contributed by atoms with E-state index >= 15 is 0 Å². The highest BCUT2D eigenvalue weighted by molar-refractivity contribution is 7.85. The van der Waals surface area contributed by atoms with E-state index in [1.165, 1.54) is 0 Å². The molecule has 3 aromatic rings. The van der Waals surface area contributed by atoms with E-state index in [2.05, 4.69) is 10.3 Å². The Morgan fingerprint density at radius 3 is 2.69 bits per heavy atom. The summed E-state index contributed by atoms with van der Waals surface area (Å²) in [5.74, 6) is -0.490. The van der Waals surface area contributed by atoms with Gasteiger partial charge in [-0.25, -0.2) is 4.21 Å². The summed E-state index contributed by atoms with van der Waals surface area (Å²) in [6, 6.07) is 15.6. The van der Waals surface area contributed by atoms with Crippen LogP contribution in [-0.4, -0.2) is 27.6 Å². The molecule has 0 fully saturated rings. The van der Waals surface area contributed by atoms with Crippen molar-refractivity contribution in [3.63, 3.8) is 0 Å². The predicted octanol–water partition coefficient (Wildman–Crippen LogP) is 3.16. The minimum Gasteiger partial charge on any atom is -0.348 e. The Balaban J connectivity index is 1.69. The van der Waals surface area contributed by atoms with Gasteiger partial charge in [0.15, 0.2) is 0 Å². The summed E-state index contributed by atoms with van der Waals surface area (Å²) < 4.78 is 13.2. The molecule has 6 nitrogen and oxygen atoms in total. The summed E-state index contributed by atoms with van der Waals surface area (Å²) in [6.45, 7) is 2.60. The minimum atomic E-state index is -1.51. The largest absolute Gasteiger partial charge is 0.348 e. The maximum Gasteiger partial charge on any atom is 0.259 e. The fraction of sp³-hybridized carbons (Fsp3) is 0.136. The van der Waals surface area contributed by atoms with E-state index in [0.29, 0.717) is 39.7 Å². The zero-order chi connectivity index (χ0) is 20.4. The van der Waals surface area contributed by atoms with Gasteiger partial charge in [0, 0.05) is 31.0 Å². The predicted molar refractivity (Wildman–Crippen MR) is 110 cm³/mol. The Kier molecular flexibility index (Phi) is 5.22. The van der Waals surface area contributed by atoms with Crippen LogP contribution in [0.3, 0.4) is 0 Å². The van der Waals surface area contributed by atoms with Crippen molar-refractivity contribution < 1.29 is 13.8 Å². The number of nitrogens with zero attached hydrogens (tertiary/aromatic N) is 2. The van der Waals surface area contributed by atoms with Crippen molar-refractivity contribution in [2.45, 2.75) is 23.3 Å². The molecule has 1 aromatic heterocycles. The number of hydrogen-bond donors (Lipinski definition) is 1. The fourth-order valence-electron chi connectivity index (χ4n) is 3.31. The first-order valence-corrected chi connectivity index (χ1v) is 10.4. The van der Waals surface area contributed by atoms with Gasteiger partial charge in [-0.3, -0.25) is 14.6 Å². The van der Waals surface area contributed by atoms with Crippen molar-refractivity contribution in [2.24, 2.45) is 0 Å². The molecule has 0 bridgehead atoms. The van der Waals surface area contributed by atoms with Crippen molar-refractivity contribution in [1.29, 1.82) is 0 Å². The molecule has 2 amide bonds. The zero-order valence-electron chi connectivity index (χ0n) is 15.8. The molecule has 7 heteroatoms. The zero-order valence-corrected chi connectivity index (χ0v) is 16.6. The van der Waals surface area contributed by atoms with Gasteiger partial charge in [0.2, 0.25) is 0 Å². The maximum absolute atomic E-state index is 13.2. The Morgan fingerprint density at radius 1 is 1.10 bits per heavy atom. The molecule has 1 aliphatic rings. The average molecular weight is 405 g/mol. The van der Waals surface area contributed by atoms with Gasteiger partial charge < -0.3 is 10.2 Å². The van der Waals surface area contributed by atoms with Crippen molar-refractivity contribution in [1.82, 2.24) is 10.3 Å². The molecular weight excluding hydrogens is 386 g/mol. The van der Waals surface area contributed by atoms with Crippen LogP contribution in [-0.2, 0) is 17.3 Å². The molecule has 2 aromatic carbocycles. The highest BCUT2D eigenvalue weighted by Gasteiger charge is 2.30. The van der Waals surface area contributed by atoms with Crippen LogP contribution in [0.5, 0.6) is 0 Å². The van der Waals surface area contributed by atoms with Crippen LogP contribution >= 0.6 is 0 Å². The third kappa shape index (κ3) is 3.56. The van der Waals surface area contributed by atoms with Crippen molar-refractivity contribution in [3.8, 4) is 0 Å². The SMILES string of the molecule is CCN1C(=O)c2ccccc2[S@@](=O)c2ccc(C(=O)NCc3cccnc3)cc21. The molecule has 1 N–H and O–H groups in total. The molecule has 0 saturated carbocycles. The number of rotatable bonds is 4. The lowest BCUT2D eigenvalue weighted by atomic mass is 10.1. The maximum atomic E-state index is 13.2. The van der Waals surface area contributed by atoms with Crippen LogP contribution in [0.1, 0.15) is 33.2 Å². The normalized spacial score (nSPS) is 15.3. The van der Waals surface area contributed by atoms with E-state index in [1.54, 1.807) is 59.8 Å². The third-order valence-electron chi connectivity index (χ3n) is 4.77. The molecule has 0 unspecified atom stereocenters. The fourth-order valence-corrected chi connectivity index (χ4v) is 4.65. The van der Waals surface area contributed by atoms with Crippen molar-refractivity contribution in [2.75, 3.05) is 11.4 Å². The van der Waals surface area contributed by atoms with Crippen molar-refractivity contribution >= 4 is 28.3 Å². The van der Waals surface area contributed by atoms with Crippen LogP contribution in [0.2, 0.25) is 0 Å². The number of amides is 2. The van der Waals surface area contributed by atoms with Gasteiger partial charge in [-0.15, -0.1) is 0 Å². The van der Waals surface area contributed by atoms with Gasteiger partial charge in [-0.05, 0) is 48.9 Å². The van der Waals surface area contributed by atoms with Crippen molar-refractivity contribution in [3.05, 3.63) is 83.7 Å². The molecule has 0 radical (unpaired) electrons. The van der Waals surface area contributed by atoms with E-state index in [0.717, 1.165) is 5.56 Å². The highest BCUT2D eigenvalue weighted by Crippen LogP contribution is 2.35. The lowest BCUT2D eigenvalue weighted by Crippen LogP contribution is -2.31. The Hall–Kier alpha value is -3.32. The number of aromatic nitrogens is 1. The first-order valence-electron chi connectivity index (χ1n) is 9.24. The van der Waals surface area contributed by atoms with Gasteiger partial charge in [-0.2, -0.15) is 0 Å². The minimum absolute atomic E-state index is 0.219. The molecule has 0 spiro atoms. The molecule has 1 atom stereocenters. The Morgan fingerprint density at radius 2 is 1.93 bits per heavy atom. The Bertz CT molecular complexity index is 1120. The second kappa shape index (κ2) is 7.97. The first-order chi connectivity index (χ1) is 14.1. The number of fused-ring (bicyclic) bond motifs is 2. The molecule has 0 aliphatic carbocycles. The number of pyridine rings is 1. The number of anilines is 1. The lowest BCUT2D eigenvalue weighted by Gasteiger charge is -2.21. The average Bonchev–Trinajstić information content (AvgIpc) is 2.86. The molecule has 2 heterocycles. The molecule has 4 rings (SSSR count). The first kappa shape index (κ1) is 19.0. The molecule has 146 valence electrons. The van der Waals surface area contributed by atoms with Crippen LogP contribution < -0.4 is 10.2 Å². The summed E-state index contributed by atoms with van der Waals surface area (Å²) >= 11 is 0. The van der Waals surface area contributed by atoms with E-state index < -0.39 is 10.8 Å². The number of nitrogens with one attached hydrogen (secondary N) is 1. The van der Waals surface area contributed by atoms with E-state index in [1.807, 2.05) is 19.1 Å². The van der Waals surface area contributed by atoms with Crippen LogP contribution in [0, 0.1) is 0 Å².